The molecule has 4 aliphatic carbocycles. The van der Waals surface area contributed by atoms with Gasteiger partial charge < -0.3 is 29.5 Å². The number of fused-ring (bicyclic) bond motifs is 5. The number of aliphatic hydroxyl groups is 3. The Bertz CT molecular complexity index is 1330. The number of rotatable bonds is 25. The predicted octanol–water partition coefficient (Wildman–Crippen LogP) is 12.4. The summed E-state index contributed by atoms with van der Waals surface area (Å²) in [6.07, 6.45) is 30.2. The van der Waals surface area contributed by atoms with Gasteiger partial charge in [-0.1, -0.05) is 143 Å². The number of unbranched alkanes of at least 4 members (excludes halogenated alkanes) is 12. The van der Waals surface area contributed by atoms with Crippen LogP contribution in [0.15, 0.2) is 23.8 Å². The highest BCUT2D eigenvalue weighted by atomic mass is 16.7. The van der Waals surface area contributed by atoms with Gasteiger partial charge in [0, 0.05) is 6.42 Å². The van der Waals surface area contributed by atoms with Crippen LogP contribution in [0.4, 0.5) is 0 Å². The molecule has 0 aromatic rings. The molecule has 0 spiro atoms. The first-order chi connectivity index (χ1) is 28.8. The topological polar surface area (TPSA) is 105 Å². The molecule has 1 heterocycles. The molecule has 0 aromatic carbocycles. The van der Waals surface area contributed by atoms with E-state index in [0.29, 0.717) is 17.8 Å². The maximum absolute atomic E-state index is 12.6. The summed E-state index contributed by atoms with van der Waals surface area (Å²) in [5.74, 6) is 5.15. The average Bonchev–Trinajstić information content (AvgIpc) is 3.59. The fraction of sp³-hybridized carbons (Fsp3) is 0.906. The Morgan fingerprint density at radius 2 is 1.47 bits per heavy atom. The second kappa shape index (κ2) is 24.2. The highest BCUT2D eigenvalue weighted by Crippen LogP contribution is 2.67. The molecule has 14 atom stereocenters. The van der Waals surface area contributed by atoms with Crippen LogP contribution in [0, 0.1) is 52.3 Å². The van der Waals surface area contributed by atoms with Crippen molar-refractivity contribution in [2.24, 2.45) is 52.3 Å². The van der Waals surface area contributed by atoms with E-state index in [1.165, 1.54) is 102 Å². The summed E-state index contributed by atoms with van der Waals surface area (Å²) in [5.41, 5.74) is 2.12. The van der Waals surface area contributed by atoms with Crippen LogP contribution in [0.5, 0.6) is 0 Å². The third-order valence-electron chi connectivity index (χ3n) is 17.3. The maximum Gasteiger partial charge on any atom is 0.305 e. The second-order valence-electron chi connectivity index (χ2n) is 21.7. The number of esters is 1. The van der Waals surface area contributed by atoms with E-state index in [1.54, 1.807) is 0 Å². The summed E-state index contributed by atoms with van der Waals surface area (Å²) in [7, 11) is 0. The van der Waals surface area contributed by atoms with Gasteiger partial charge >= 0.3 is 5.97 Å². The van der Waals surface area contributed by atoms with E-state index in [0.717, 1.165) is 93.3 Å². The molecule has 1 saturated heterocycles. The molecule has 1 aliphatic heterocycles. The molecule has 4 fully saturated rings. The van der Waals surface area contributed by atoms with E-state index < -0.39 is 30.7 Å². The van der Waals surface area contributed by atoms with Crippen LogP contribution in [0.3, 0.4) is 0 Å². The molecule has 0 radical (unpaired) electrons. The first-order valence-corrected chi connectivity index (χ1v) is 25.6. The Labute approximate surface area is 367 Å². The third kappa shape index (κ3) is 12.9. The zero-order valence-corrected chi connectivity index (χ0v) is 39.6. The van der Waals surface area contributed by atoms with Crippen molar-refractivity contribution >= 4 is 5.97 Å². The lowest BCUT2D eigenvalue weighted by atomic mass is 9.47. The van der Waals surface area contributed by atoms with Crippen molar-refractivity contribution in [3.8, 4) is 0 Å². The SMILES string of the molecule is CCCCCCCCC/C=C\CCCCCCCC(=O)OCC1OC(OC2CCC3(C)C(=CCC4C3CCC3(C)C(C(C)CCC(C)C(C)C)CCC43)C2)C(O)C(O)C1O. The van der Waals surface area contributed by atoms with Crippen LogP contribution in [0.1, 0.15) is 209 Å². The molecule has 0 aromatic heterocycles. The number of carbonyl (C=O) groups excluding carboxylic acids is 1. The molecule has 346 valence electrons. The van der Waals surface area contributed by atoms with Gasteiger partial charge in [0.15, 0.2) is 6.29 Å². The molecule has 14 unspecified atom stereocenters. The van der Waals surface area contributed by atoms with Crippen molar-refractivity contribution in [2.75, 3.05) is 6.61 Å². The molecule has 0 amide bonds. The van der Waals surface area contributed by atoms with Crippen LogP contribution in [-0.4, -0.2) is 64.7 Å². The number of hydrogen-bond acceptors (Lipinski definition) is 7. The second-order valence-corrected chi connectivity index (χ2v) is 21.7. The normalized spacial score (nSPS) is 36.4. The van der Waals surface area contributed by atoms with Crippen molar-refractivity contribution in [3.63, 3.8) is 0 Å². The van der Waals surface area contributed by atoms with Crippen LogP contribution in [-0.2, 0) is 19.0 Å². The summed E-state index contributed by atoms with van der Waals surface area (Å²) in [6.45, 7) is 17.0. The van der Waals surface area contributed by atoms with Crippen LogP contribution < -0.4 is 0 Å². The fourth-order valence-electron chi connectivity index (χ4n) is 12.9. The largest absolute Gasteiger partial charge is 0.463 e. The van der Waals surface area contributed by atoms with Crippen LogP contribution in [0.2, 0.25) is 0 Å². The summed E-state index contributed by atoms with van der Waals surface area (Å²) >= 11 is 0. The van der Waals surface area contributed by atoms with Gasteiger partial charge in [-0.3, -0.25) is 4.79 Å². The first-order valence-electron chi connectivity index (χ1n) is 25.6. The molecule has 7 nitrogen and oxygen atoms in total. The minimum absolute atomic E-state index is 0.143. The molecule has 3 saturated carbocycles. The molecule has 3 N–H and O–H groups in total. The molecular weight excluding hydrogens is 749 g/mol. The van der Waals surface area contributed by atoms with E-state index >= 15 is 0 Å². The van der Waals surface area contributed by atoms with Gasteiger partial charge in [0.25, 0.3) is 0 Å². The number of allylic oxidation sites excluding steroid dienone is 3. The molecular formula is C53H92O7. The summed E-state index contributed by atoms with van der Waals surface area (Å²) in [5, 5.41) is 32.5. The van der Waals surface area contributed by atoms with Gasteiger partial charge in [0.2, 0.25) is 0 Å². The number of hydrogen-bond donors (Lipinski definition) is 3. The molecule has 7 heteroatoms. The van der Waals surface area contributed by atoms with Gasteiger partial charge in [-0.25, -0.2) is 0 Å². The minimum Gasteiger partial charge on any atom is -0.463 e. The molecule has 60 heavy (non-hydrogen) atoms. The van der Waals surface area contributed by atoms with Gasteiger partial charge in [-0.2, -0.15) is 0 Å². The van der Waals surface area contributed by atoms with Gasteiger partial charge in [0.1, 0.15) is 31.0 Å². The molecule has 0 bridgehead atoms. The number of ether oxygens (including phenoxy) is 3. The van der Waals surface area contributed by atoms with E-state index in [9.17, 15) is 20.1 Å². The lowest BCUT2D eigenvalue weighted by Gasteiger charge is -2.58. The van der Waals surface area contributed by atoms with Gasteiger partial charge in [-0.05, 0) is 136 Å². The first kappa shape index (κ1) is 49.8. The standard InChI is InChI=1S/C53H92O7/c1-8-9-10-11-12-13-14-15-16-17-18-19-20-21-22-23-24-47(54)58-36-46-48(55)49(56)50(57)51(60-46)59-41-31-33-52(6)40(35-41)27-28-42-44-30-29-43(53(44,7)34-32-45(42)52)39(5)26-25-38(4)37(2)3/h16-17,27,37-39,41-46,48-51,55-57H,8-15,18-26,28-36H2,1-7H3/b17-16-. The summed E-state index contributed by atoms with van der Waals surface area (Å²) in [6, 6.07) is 0. The quantitative estimate of drug-likeness (QED) is 0.0477. The number of aliphatic hydroxyl groups excluding tert-OH is 3. The Morgan fingerprint density at radius 3 is 2.15 bits per heavy atom. The van der Waals surface area contributed by atoms with Crippen molar-refractivity contribution in [1.29, 1.82) is 0 Å². The monoisotopic (exact) mass is 841 g/mol. The Morgan fingerprint density at radius 1 is 0.800 bits per heavy atom. The van der Waals surface area contributed by atoms with Crippen molar-refractivity contribution < 1.29 is 34.3 Å². The van der Waals surface area contributed by atoms with E-state index in [1.807, 2.05) is 0 Å². The third-order valence-corrected chi connectivity index (χ3v) is 17.3. The fourth-order valence-corrected chi connectivity index (χ4v) is 12.9. The zero-order valence-electron chi connectivity index (χ0n) is 39.6. The summed E-state index contributed by atoms with van der Waals surface area (Å²) in [4.78, 5) is 12.6. The van der Waals surface area contributed by atoms with Crippen molar-refractivity contribution in [1.82, 2.24) is 0 Å². The van der Waals surface area contributed by atoms with Crippen LogP contribution in [0.25, 0.3) is 0 Å². The smallest absolute Gasteiger partial charge is 0.305 e. The highest BCUT2D eigenvalue weighted by Gasteiger charge is 2.59. The van der Waals surface area contributed by atoms with Gasteiger partial charge in [0.05, 0.1) is 6.10 Å². The Hall–Kier alpha value is -1.25. The zero-order chi connectivity index (χ0) is 43.3. The lowest BCUT2D eigenvalue weighted by molar-refractivity contribution is -0.313. The van der Waals surface area contributed by atoms with Crippen molar-refractivity contribution in [3.05, 3.63) is 23.8 Å². The average molecular weight is 841 g/mol. The number of carbonyl (C=O) groups is 1. The van der Waals surface area contributed by atoms with Crippen molar-refractivity contribution in [2.45, 2.75) is 246 Å². The lowest BCUT2D eigenvalue weighted by Crippen LogP contribution is -2.60. The van der Waals surface area contributed by atoms with E-state index in [-0.39, 0.29) is 24.1 Å². The minimum atomic E-state index is -1.45. The Balaban J connectivity index is 1.00. The van der Waals surface area contributed by atoms with E-state index in [2.05, 4.69) is 66.7 Å². The predicted molar refractivity (Wildman–Crippen MR) is 244 cm³/mol. The molecule has 5 rings (SSSR count). The molecule has 5 aliphatic rings. The summed E-state index contributed by atoms with van der Waals surface area (Å²) < 4.78 is 18.0. The Kier molecular flexibility index (Phi) is 20.0. The maximum atomic E-state index is 12.6. The van der Waals surface area contributed by atoms with Gasteiger partial charge in [-0.15, -0.1) is 0 Å². The highest BCUT2D eigenvalue weighted by molar-refractivity contribution is 5.69. The van der Waals surface area contributed by atoms with E-state index in [4.69, 9.17) is 14.2 Å². The van der Waals surface area contributed by atoms with Crippen LogP contribution >= 0.6 is 0 Å².